The Hall–Kier alpha value is -2.82. The number of carbonyl (C=O) groups excluding carboxylic acids is 1. The number of nitrogens with one attached hydrogen (secondary N) is 1. The van der Waals surface area contributed by atoms with E-state index in [1.165, 1.54) is 34.1 Å². The molecule has 1 heterocycles. The molecule has 1 N–H and O–H groups in total. The molecule has 0 radical (unpaired) electrons. The molecule has 2 aromatic rings. The summed E-state index contributed by atoms with van der Waals surface area (Å²) in [6.07, 6.45) is 2.20. The highest BCUT2D eigenvalue weighted by Gasteiger charge is 2.35. The van der Waals surface area contributed by atoms with Crippen molar-refractivity contribution in [3.05, 3.63) is 69.8 Å². The summed E-state index contributed by atoms with van der Waals surface area (Å²) in [5.41, 5.74) is 1.85. The van der Waals surface area contributed by atoms with E-state index in [4.69, 9.17) is 0 Å². The van der Waals surface area contributed by atoms with Crippen LogP contribution in [0.3, 0.4) is 0 Å². The van der Waals surface area contributed by atoms with E-state index < -0.39 is 20.6 Å². The molecule has 1 aliphatic heterocycles. The average Bonchev–Trinajstić information content (AvgIpc) is 3.64. The van der Waals surface area contributed by atoms with Crippen molar-refractivity contribution in [2.45, 2.75) is 30.7 Å². The van der Waals surface area contributed by atoms with Gasteiger partial charge in [-0.1, -0.05) is 42.0 Å². The molecule has 1 amide bonds. The van der Waals surface area contributed by atoms with Crippen molar-refractivity contribution in [2.24, 2.45) is 5.92 Å². The highest BCUT2D eigenvalue weighted by Crippen LogP contribution is 2.41. The SMILES string of the molecule is Cc1ccc(C(NC(=O)CN2CCN(S(=O)(=O)c3ccccc3[N+](=O)[O-])CC2)C2CC2)cc1. The van der Waals surface area contributed by atoms with Gasteiger partial charge in [-0.3, -0.25) is 19.8 Å². The fraction of sp³-hybridized carbons (Fsp3) is 0.435. The number of piperazine rings is 1. The second kappa shape index (κ2) is 9.58. The van der Waals surface area contributed by atoms with E-state index in [1.54, 1.807) is 0 Å². The average molecular weight is 473 g/mol. The van der Waals surface area contributed by atoms with E-state index in [2.05, 4.69) is 17.4 Å². The molecular formula is C23H28N4O5S. The van der Waals surface area contributed by atoms with Crippen molar-refractivity contribution in [1.82, 2.24) is 14.5 Å². The molecule has 176 valence electrons. The highest BCUT2D eigenvalue weighted by atomic mass is 32.2. The Morgan fingerprint density at radius 1 is 1.09 bits per heavy atom. The largest absolute Gasteiger partial charge is 0.348 e. The molecule has 1 atom stereocenters. The van der Waals surface area contributed by atoms with Crippen LogP contribution in [0.4, 0.5) is 5.69 Å². The van der Waals surface area contributed by atoms with E-state index >= 15 is 0 Å². The van der Waals surface area contributed by atoms with Crippen LogP contribution in [0, 0.1) is 23.0 Å². The van der Waals surface area contributed by atoms with Crippen molar-refractivity contribution >= 4 is 21.6 Å². The molecule has 0 spiro atoms. The first-order valence-electron chi connectivity index (χ1n) is 11.1. The molecular weight excluding hydrogens is 444 g/mol. The standard InChI is InChI=1S/C23H28N4O5S/c1-17-6-8-18(9-7-17)23(19-10-11-19)24-22(28)16-25-12-14-26(15-13-25)33(31,32)21-5-3-2-4-20(21)27(29)30/h2-9,19,23H,10-16H2,1H3,(H,24,28). The zero-order valence-corrected chi connectivity index (χ0v) is 19.3. The summed E-state index contributed by atoms with van der Waals surface area (Å²) in [5.74, 6) is 0.378. The zero-order valence-electron chi connectivity index (χ0n) is 18.5. The van der Waals surface area contributed by atoms with Gasteiger partial charge in [0.1, 0.15) is 0 Å². The summed E-state index contributed by atoms with van der Waals surface area (Å²) in [6, 6.07) is 13.6. The summed E-state index contributed by atoms with van der Waals surface area (Å²) in [6.45, 7) is 3.33. The number of sulfonamides is 1. The quantitative estimate of drug-likeness (QED) is 0.467. The Morgan fingerprint density at radius 3 is 2.33 bits per heavy atom. The lowest BCUT2D eigenvalue weighted by Crippen LogP contribution is -2.51. The summed E-state index contributed by atoms with van der Waals surface area (Å²) < 4.78 is 27.2. The van der Waals surface area contributed by atoms with Gasteiger partial charge in [-0.15, -0.1) is 0 Å². The van der Waals surface area contributed by atoms with Crippen LogP contribution in [-0.4, -0.2) is 61.2 Å². The maximum Gasteiger partial charge on any atom is 0.289 e. The minimum atomic E-state index is -3.99. The van der Waals surface area contributed by atoms with Gasteiger partial charge in [0, 0.05) is 32.2 Å². The lowest BCUT2D eigenvalue weighted by molar-refractivity contribution is -0.387. The Kier molecular flexibility index (Phi) is 6.78. The highest BCUT2D eigenvalue weighted by molar-refractivity contribution is 7.89. The number of nitro groups is 1. The van der Waals surface area contributed by atoms with Crippen LogP contribution in [-0.2, 0) is 14.8 Å². The summed E-state index contributed by atoms with van der Waals surface area (Å²) in [7, 11) is -3.99. The fourth-order valence-corrected chi connectivity index (χ4v) is 5.77. The van der Waals surface area contributed by atoms with Crippen LogP contribution in [0.5, 0.6) is 0 Å². The predicted octanol–water partition coefficient (Wildman–Crippen LogP) is 2.48. The fourth-order valence-electron chi connectivity index (χ4n) is 4.19. The van der Waals surface area contributed by atoms with Gasteiger partial charge in [0.15, 0.2) is 4.90 Å². The second-order valence-electron chi connectivity index (χ2n) is 8.70. The number of carbonyl (C=O) groups is 1. The lowest BCUT2D eigenvalue weighted by atomic mass is 10.0. The van der Waals surface area contributed by atoms with Crippen molar-refractivity contribution in [3.8, 4) is 0 Å². The van der Waals surface area contributed by atoms with Gasteiger partial charge in [0.05, 0.1) is 17.5 Å². The van der Waals surface area contributed by atoms with Crippen molar-refractivity contribution in [2.75, 3.05) is 32.7 Å². The third-order valence-electron chi connectivity index (χ3n) is 6.22. The number of benzene rings is 2. The number of nitrogens with zero attached hydrogens (tertiary/aromatic N) is 3. The van der Waals surface area contributed by atoms with E-state index in [9.17, 15) is 23.3 Å². The molecule has 10 heteroatoms. The number of hydrogen-bond donors (Lipinski definition) is 1. The van der Waals surface area contributed by atoms with Gasteiger partial charge in [0.25, 0.3) is 5.69 Å². The molecule has 0 bridgehead atoms. The molecule has 9 nitrogen and oxygen atoms in total. The minimum absolute atomic E-state index is 0.00148. The number of para-hydroxylation sites is 1. The monoisotopic (exact) mass is 472 g/mol. The second-order valence-corrected chi connectivity index (χ2v) is 10.6. The van der Waals surface area contributed by atoms with E-state index in [-0.39, 0.29) is 36.5 Å². The van der Waals surface area contributed by atoms with Gasteiger partial charge in [-0.05, 0) is 37.3 Å². The first-order chi connectivity index (χ1) is 15.8. The van der Waals surface area contributed by atoms with Crippen LogP contribution in [0.15, 0.2) is 53.4 Å². The maximum absolute atomic E-state index is 13.0. The topological polar surface area (TPSA) is 113 Å². The molecule has 1 unspecified atom stereocenters. The van der Waals surface area contributed by atoms with Crippen molar-refractivity contribution < 1.29 is 18.1 Å². The molecule has 1 saturated heterocycles. The van der Waals surface area contributed by atoms with E-state index in [1.807, 2.05) is 24.0 Å². The van der Waals surface area contributed by atoms with Gasteiger partial charge < -0.3 is 5.32 Å². The van der Waals surface area contributed by atoms with Gasteiger partial charge in [0.2, 0.25) is 15.9 Å². The van der Waals surface area contributed by atoms with Gasteiger partial charge in [-0.2, -0.15) is 4.31 Å². The Morgan fingerprint density at radius 2 is 1.73 bits per heavy atom. The van der Waals surface area contributed by atoms with Crippen LogP contribution in [0.25, 0.3) is 0 Å². The molecule has 2 fully saturated rings. The summed E-state index contributed by atoms with van der Waals surface area (Å²) in [4.78, 5) is 24.9. The van der Waals surface area contributed by atoms with Crippen molar-refractivity contribution in [3.63, 3.8) is 0 Å². The first kappa shape index (κ1) is 23.3. The lowest BCUT2D eigenvalue weighted by Gasteiger charge is -2.33. The number of rotatable bonds is 8. The molecule has 2 aliphatic rings. The molecule has 4 rings (SSSR count). The first-order valence-corrected chi connectivity index (χ1v) is 12.5. The normalized spacial score (nSPS) is 18.6. The molecule has 1 aliphatic carbocycles. The maximum atomic E-state index is 13.0. The van der Waals surface area contributed by atoms with Gasteiger partial charge >= 0.3 is 0 Å². The number of aryl methyl sites for hydroxylation is 1. The third kappa shape index (κ3) is 5.40. The Labute approximate surface area is 193 Å². The van der Waals surface area contributed by atoms with E-state index in [0.717, 1.165) is 18.4 Å². The third-order valence-corrected chi connectivity index (χ3v) is 8.17. The Bertz CT molecular complexity index is 1120. The van der Waals surface area contributed by atoms with Crippen LogP contribution < -0.4 is 5.32 Å². The van der Waals surface area contributed by atoms with Crippen LogP contribution >= 0.6 is 0 Å². The smallest absolute Gasteiger partial charge is 0.289 e. The number of nitro benzene ring substituents is 1. The number of hydrogen-bond acceptors (Lipinski definition) is 6. The van der Waals surface area contributed by atoms with Crippen LogP contribution in [0.1, 0.15) is 30.0 Å². The van der Waals surface area contributed by atoms with Crippen LogP contribution in [0.2, 0.25) is 0 Å². The molecule has 1 saturated carbocycles. The van der Waals surface area contributed by atoms with E-state index in [0.29, 0.717) is 19.0 Å². The molecule has 33 heavy (non-hydrogen) atoms. The molecule has 0 aromatic heterocycles. The zero-order chi connectivity index (χ0) is 23.6. The number of amides is 1. The van der Waals surface area contributed by atoms with Crippen molar-refractivity contribution in [1.29, 1.82) is 0 Å². The summed E-state index contributed by atoms with van der Waals surface area (Å²) in [5, 5.41) is 14.4. The Balaban J connectivity index is 1.35. The summed E-state index contributed by atoms with van der Waals surface area (Å²) >= 11 is 0. The van der Waals surface area contributed by atoms with Gasteiger partial charge in [-0.25, -0.2) is 8.42 Å². The molecule has 2 aromatic carbocycles. The predicted molar refractivity (Wildman–Crippen MR) is 123 cm³/mol. The minimum Gasteiger partial charge on any atom is -0.348 e.